The van der Waals surface area contributed by atoms with Crippen LogP contribution in [0.3, 0.4) is 0 Å². The van der Waals surface area contributed by atoms with Crippen LogP contribution in [-0.2, 0) is 11.8 Å². The Hall–Kier alpha value is -2.70. The molecule has 0 spiro atoms. The van der Waals surface area contributed by atoms with Gasteiger partial charge in [-0.15, -0.1) is 0 Å². The van der Waals surface area contributed by atoms with Gasteiger partial charge in [-0.2, -0.15) is 5.10 Å². The molecule has 1 fully saturated rings. The number of anilines is 1. The van der Waals surface area contributed by atoms with E-state index in [9.17, 15) is 14.0 Å². The van der Waals surface area contributed by atoms with E-state index >= 15 is 0 Å². The third kappa shape index (κ3) is 3.02. The molecule has 1 aromatic carbocycles. The first kappa shape index (κ1) is 16.2. The number of amides is 2. The molecule has 1 N–H and O–H groups in total. The summed E-state index contributed by atoms with van der Waals surface area (Å²) in [5.41, 5.74) is 1.37. The van der Waals surface area contributed by atoms with Gasteiger partial charge in [0.25, 0.3) is 5.91 Å². The molecule has 1 aliphatic rings. The van der Waals surface area contributed by atoms with Gasteiger partial charge in [-0.05, 0) is 38.0 Å². The summed E-state index contributed by atoms with van der Waals surface area (Å²) < 4.78 is 15.4. The molecular formula is C17H19FN4O2. The van der Waals surface area contributed by atoms with Gasteiger partial charge in [0.2, 0.25) is 5.91 Å². The molecule has 126 valence electrons. The Labute approximate surface area is 139 Å². The maximum Gasteiger partial charge on any atom is 0.270 e. The summed E-state index contributed by atoms with van der Waals surface area (Å²) in [6.07, 6.45) is 1.22. The molecule has 7 heteroatoms. The number of aromatic nitrogens is 2. The van der Waals surface area contributed by atoms with Crippen molar-refractivity contribution in [1.82, 2.24) is 15.1 Å². The Kier molecular flexibility index (Phi) is 4.33. The number of halogens is 1. The lowest BCUT2D eigenvalue weighted by molar-refractivity contribution is -0.121. The predicted molar refractivity (Wildman–Crippen MR) is 87.2 cm³/mol. The van der Waals surface area contributed by atoms with Crippen LogP contribution < -0.4 is 10.2 Å². The second-order valence-corrected chi connectivity index (χ2v) is 5.90. The highest BCUT2D eigenvalue weighted by Gasteiger charge is 2.32. The zero-order valence-corrected chi connectivity index (χ0v) is 13.6. The van der Waals surface area contributed by atoms with E-state index in [1.54, 1.807) is 38.2 Å². The van der Waals surface area contributed by atoms with Crippen LogP contribution in [0.2, 0.25) is 0 Å². The van der Waals surface area contributed by atoms with Crippen molar-refractivity contribution >= 4 is 17.5 Å². The van der Waals surface area contributed by atoms with E-state index in [4.69, 9.17) is 0 Å². The summed E-state index contributed by atoms with van der Waals surface area (Å²) in [6, 6.07) is 7.16. The van der Waals surface area contributed by atoms with Crippen molar-refractivity contribution in [2.24, 2.45) is 7.05 Å². The molecule has 24 heavy (non-hydrogen) atoms. The summed E-state index contributed by atoms with van der Waals surface area (Å²) in [5, 5.41) is 6.87. The maximum absolute atomic E-state index is 14.0. The molecule has 1 unspecified atom stereocenters. The first-order valence-electron chi connectivity index (χ1n) is 7.85. The van der Waals surface area contributed by atoms with E-state index in [2.05, 4.69) is 10.4 Å². The quantitative estimate of drug-likeness (QED) is 0.933. The second-order valence-electron chi connectivity index (χ2n) is 5.90. The summed E-state index contributed by atoms with van der Waals surface area (Å²) in [7, 11) is 1.68. The number of piperidine rings is 1. The lowest BCUT2D eigenvalue weighted by atomic mass is 10.0. The fourth-order valence-electron chi connectivity index (χ4n) is 2.97. The van der Waals surface area contributed by atoms with Gasteiger partial charge in [-0.25, -0.2) is 4.39 Å². The third-order valence-corrected chi connectivity index (χ3v) is 4.12. The number of benzene rings is 1. The van der Waals surface area contributed by atoms with Crippen LogP contribution in [-0.4, -0.2) is 34.2 Å². The number of nitrogens with zero attached hydrogens (tertiary/aromatic N) is 3. The highest BCUT2D eigenvalue weighted by atomic mass is 19.1. The number of nitrogens with one attached hydrogen (secondary N) is 1. The first-order chi connectivity index (χ1) is 11.5. The third-order valence-electron chi connectivity index (χ3n) is 4.12. The molecule has 0 bridgehead atoms. The van der Waals surface area contributed by atoms with Gasteiger partial charge in [0.1, 0.15) is 17.6 Å². The molecule has 6 nitrogen and oxygen atoms in total. The van der Waals surface area contributed by atoms with E-state index in [1.165, 1.54) is 15.6 Å². The van der Waals surface area contributed by atoms with E-state index in [0.717, 1.165) is 5.69 Å². The topological polar surface area (TPSA) is 67.2 Å². The fourth-order valence-corrected chi connectivity index (χ4v) is 2.97. The minimum absolute atomic E-state index is 0.248. The Morgan fingerprint density at radius 3 is 2.79 bits per heavy atom. The van der Waals surface area contributed by atoms with Gasteiger partial charge >= 0.3 is 0 Å². The average Bonchev–Trinajstić information content (AvgIpc) is 2.89. The van der Waals surface area contributed by atoms with Crippen molar-refractivity contribution in [3.63, 3.8) is 0 Å². The number of rotatable bonds is 3. The molecule has 2 aromatic rings. The van der Waals surface area contributed by atoms with Crippen LogP contribution in [0.25, 0.3) is 0 Å². The molecule has 3 rings (SSSR count). The lowest BCUT2D eigenvalue weighted by Gasteiger charge is -2.32. The minimum atomic E-state index is -0.666. The lowest BCUT2D eigenvalue weighted by Crippen LogP contribution is -2.52. The van der Waals surface area contributed by atoms with Crippen molar-refractivity contribution < 1.29 is 14.0 Å². The maximum atomic E-state index is 14.0. The van der Waals surface area contributed by atoms with Gasteiger partial charge in [-0.3, -0.25) is 14.3 Å². The van der Waals surface area contributed by atoms with Crippen LogP contribution in [0.5, 0.6) is 0 Å². The minimum Gasteiger partial charge on any atom is -0.339 e. The Bertz CT molecular complexity index is 787. The summed E-state index contributed by atoms with van der Waals surface area (Å²) >= 11 is 0. The van der Waals surface area contributed by atoms with Gasteiger partial charge in [0.05, 0.1) is 11.4 Å². The number of aryl methyl sites for hydroxylation is 2. The van der Waals surface area contributed by atoms with Crippen LogP contribution in [0.4, 0.5) is 10.1 Å². The Balaban J connectivity index is 1.77. The molecule has 1 aliphatic heterocycles. The molecule has 0 radical (unpaired) electrons. The van der Waals surface area contributed by atoms with E-state index < -0.39 is 11.9 Å². The van der Waals surface area contributed by atoms with Crippen LogP contribution in [0, 0.1) is 12.7 Å². The molecule has 1 saturated heterocycles. The van der Waals surface area contributed by atoms with E-state index in [1.807, 2.05) is 0 Å². The number of hydrogen-bond donors (Lipinski definition) is 1. The summed E-state index contributed by atoms with van der Waals surface area (Å²) in [5.74, 6) is -1.09. The standard InChI is InChI=1S/C17H19FN4O2/c1-11-10-15(21(2)20-11)16(23)19-13-7-5-9-22(17(13)24)14-8-4-3-6-12(14)18/h3-4,6,8,10,13H,5,7,9H2,1-2H3,(H,19,23). The Morgan fingerprint density at radius 1 is 1.38 bits per heavy atom. The van der Waals surface area contributed by atoms with Crippen molar-refractivity contribution in [2.45, 2.75) is 25.8 Å². The molecule has 0 aliphatic carbocycles. The van der Waals surface area contributed by atoms with E-state index in [-0.39, 0.29) is 17.5 Å². The highest BCUT2D eigenvalue weighted by molar-refractivity contribution is 6.02. The number of para-hydroxylation sites is 1. The monoisotopic (exact) mass is 330 g/mol. The van der Waals surface area contributed by atoms with Gasteiger partial charge in [0, 0.05) is 13.6 Å². The van der Waals surface area contributed by atoms with Crippen LogP contribution in [0.15, 0.2) is 30.3 Å². The molecule has 1 atom stereocenters. The van der Waals surface area contributed by atoms with Gasteiger partial charge in [-0.1, -0.05) is 12.1 Å². The second kappa shape index (κ2) is 6.43. The predicted octanol–water partition coefficient (Wildman–Crippen LogP) is 1.79. The summed E-state index contributed by atoms with van der Waals surface area (Å²) in [4.78, 5) is 26.4. The average molecular weight is 330 g/mol. The van der Waals surface area contributed by atoms with E-state index in [0.29, 0.717) is 25.1 Å². The number of hydrogen-bond acceptors (Lipinski definition) is 3. The van der Waals surface area contributed by atoms with Crippen molar-refractivity contribution in [2.75, 3.05) is 11.4 Å². The molecular weight excluding hydrogens is 311 g/mol. The zero-order chi connectivity index (χ0) is 17.3. The zero-order valence-electron chi connectivity index (χ0n) is 13.6. The Morgan fingerprint density at radius 2 is 2.12 bits per heavy atom. The summed E-state index contributed by atoms with van der Waals surface area (Å²) in [6.45, 7) is 2.24. The molecule has 2 heterocycles. The van der Waals surface area contributed by atoms with Crippen LogP contribution >= 0.6 is 0 Å². The number of carbonyl (C=O) groups excluding carboxylic acids is 2. The first-order valence-corrected chi connectivity index (χ1v) is 7.85. The normalized spacial score (nSPS) is 17.9. The SMILES string of the molecule is Cc1cc(C(=O)NC2CCCN(c3ccccc3F)C2=O)n(C)n1. The van der Waals surface area contributed by atoms with Crippen LogP contribution in [0.1, 0.15) is 29.0 Å². The van der Waals surface area contributed by atoms with Crippen molar-refractivity contribution in [3.8, 4) is 0 Å². The smallest absolute Gasteiger partial charge is 0.270 e. The molecule has 0 saturated carbocycles. The molecule has 2 amide bonds. The van der Waals surface area contributed by atoms with Gasteiger partial charge in [0.15, 0.2) is 0 Å². The van der Waals surface area contributed by atoms with Crippen molar-refractivity contribution in [1.29, 1.82) is 0 Å². The fraction of sp³-hybridized carbons (Fsp3) is 0.353. The highest BCUT2D eigenvalue weighted by Crippen LogP contribution is 2.24. The number of carbonyl (C=O) groups is 2. The van der Waals surface area contributed by atoms with Crippen molar-refractivity contribution in [3.05, 3.63) is 47.5 Å². The molecule has 1 aromatic heterocycles. The van der Waals surface area contributed by atoms with Gasteiger partial charge < -0.3 is 10.2 Å². The largest absolute Gasteiger partial charge is 0.339 e.